The molecule has 0 saturated heterocycles. The number of anilines is 1. The molecule has 0 aliphatic rings. The van der Waals surface area contributed by atoms with Crippen molar-refractivity contribution in [2.45, 2.75) is 26.7 Å². The minimum absolute atomic E-state index is 0.0105. The molecule has 4 rings (SSSR count). The van der Waals surface area contributed by atoms with Gasteiger partial charge in [0.1, 0.15) is 11.4 Å². The molecule has 34 heavy (non-hydrogen) atoms. The standard InChI is InChI=1S/C23H24N8O3/c1-3-14-33-17-12-10-16(11-13-17)20-19(26-30-31(20)22-21(24)28-34-29-22)23(32)27-25-18(4-2)15-8-6-5-7-9-15/h5-13H,3-4,14H2,1-2H3,(H2,24,28)(H,27,32)/b25-18-. The summed E-state index contributed by atoms with van der Waals surface area (Å²) in [5.74, 6) is 0.300. The highest BCUT2D eigenvalue weighted by atomic mass is 16.6. The van der Waals surface area contributed by atoms with Crippen LogP contribution in [0.15, 0.2) is 64.3 Å². The van der Waals surface area contributed by atoms with Crippen LogP contribution in [0.25, 0.3) is 17.1 Å². The predicted octanol–water partition coefficient (Wildman–Crippen LogP) is 3.23. The summed E-state index contributed by atoms with van der Waals surface area (Å²) < 4.78 is 11.7. The Morgan fingerprint density at radius 3 is 2.53 bits per heavy atom. The number of amides is 1. The van der Waals surface area contributed by atoms with Gasteiger partial charge in [-0.15, -0.1) is 5.10 Å². The summed E-state index contributed by atoms with van der Waals surface area (Å²) in [6.45, 7) is 4.60. The van der Waals surface area contributed by atoms with Gasteiger partial charge >= 0.3 is 0 Å². The highest BCUT2D eigenvalue weighted by Crippen LogP contribution is 2.28. The Labute approximate surface area is 195 Å². The van der Waals surface area contributed by atoms with E-state index in [1.165, 1.54) is 4.68 Å². The van der Waals surface area contributed by atoms with E-state index in [1.54, 1.807) is 24.3 Å². The maximum Gasteiger partial charge on any atom is 0.294 e. The van der Waals surface area contributed by atoms with E-state index in [-0.39, 0.29) is 17.3 Å². The summed E-state index contributed by atoms with van der Waals surface area (Å²) in [5, 5.41) is 19.9. The number of aromatic nitrogens is 5. The number of nitrogen functional groups attached to an aromatic ring is 1. The average Bonchev–Trinajstić information content (AvgIpc) is 3.50. The van der Waals surface area contributed by atoms with Crippen molar-refractivity contribution in [1.82, 2.24) is 30.7 Å². The second-order valence-corrected chi connectivity index (χ2v) is 7.26. The molecule has 0 fully saturated rings. The fraction of sp³-hybridized carbons (Fsp3) is 0.217. The summed E-state index contributed by atoms with van der Waals surface area (Å²) >= 11 is 0. The fourth-order valence-electron chi connectivity index (χ4n) is 3.26. The molecule has 0 spiro atoms. The first-order chi connectivity index (χ1) is 16.6. The van der Waals surface area contributed by atoms with Crippen molar-refractivity contribution >= 4 is 17.4 Å². The Kier molecular flexibility index (Phi) is 6.92. The topological polar surface area (TPSA) is 146 Å². The van der Waals surface area contributed by atoms with E-state index in [2.05, 4.69) is 31.2 Å². The van der Waals surface area contributed by atoms with Gasteiger partial charge < -0.3 is 10.5 Å². The van der Waals surface area contributed by atoms with Crippen LogP contribution in [0.3, 0.4) is 0 Å². The van der Waals surface area contributed by atoms with E-state index >= 15 is 0 Å². The number of hydrogen-bond donors (Lipinski definition) is 2. The van der Waals surface area contributed by atoms with Crippen LogP contribution in [-0.2, 0) is 0 Å². The van der Waals surface area contributed by atoms with Gasteiger partial charge in [-0.3, -0.25) is 4.79 Å². The monoisotopic (exact) mass is 460 g/mol. The second-order valence-electron chi connectivity index (χ2n) is 7.26. The molecule has 0 bridgehead atoms. The molecule has 0 radical (unpaired) electrons. The summed E-state index contributed by atoms with van der Waals surface area (Å²) in [6, 6.07) is 16.8. The zero-order valence-corrected chi connectivity index (χ0v) is 18.8. The van der Waals surface area contributed by atoms with Crippen LogP contribution in [0.4, 0.5) is 5.82 Å². The van der Waals surface area contributed by atoms with Crippen molar-refractivity contribution in [2.24, 2.45) is 5.10 Å². The first kappa shape index (κ1) is 22.6. The number of hydrazone groups is 1. The van der Waals surface area contributed by atoms with E-state index < -0.39 is 5.91 Å². The molecule has 2 heterocycles. The second kappa shape index (κ2) is 10.4. The molecule has 11 heteroatoms. The van der Waals surface area contributed by atoms with E-state index in [9.17, 15) is 4.79 Å². The lowest BCUT2D eigenvalue weighted by Gasteiger charge is -2.09. The molecule has 0 atom stereocenters. The van der Waals surface area contributed by atoms with Crippen molar-refractivity contribution < 1.29 is 14.2 Å². The fourth-order valence-corrected chi connectivity index (χ4v) is 3.26. The van der Waals surface area contributed by atoms with E-state index in [4.69, 9.17) is 15.1 Å². The molecular weight excluding hydrogens is 436 g/mol. The molecular formula is C23H24N8O3. The number of carbonyl (C=O) groups excluding carboxylic acids is 1. The minimum Gasteiger partial charge on any atom is -0.494 e. The van der Waals surface area contributed by atoms with Crippen LogP contribution < -0.4 is 15.9 Å². The third kappa shape index (κ3) is 4.77. The first-order valence-corrected chi connectivity index (χ1v) is 10.8. The zero-order valence-electron chi connectivity index (χ0n) is 18.8. The number of rotatable bonds is 9. The SMILES string of the molecule is CCCOc1ccc(-c2c(C(=O)N/N=C(/CC)c3ccccc3)nnn2-c2nonc2N)cc1. The molecule has 174 valence electrons. The summed E-state index contributed by atoms with van der Waals surface area (Å²) in [4.78, 5) is 13.1. The normalized spacial score (nSPS) is 11.4. The first-order valence-electron chi connectivity index (χ1n) is 10.8. The maximum atomic E-state index is 13.1. The van der Waals surface area contributed by atoms with Crippen molar-refractivity contribution in [2.75, 3.05) is 12.3 Å². The third-order valence-corrected chi connectivity index (χ3v) is 4.92. The largest absolute Gasteiger partial charge is 0.494 e. The van der Waals surface area contributed by atoms with Gasteiger partial charge in [-0.1, -0.05) is 49.4 Å². The number of carbonyl (C=O) groups is 1. The molecule has 0 aliphatic carbocycles. The Morgan fingerprint density at radius 1 is 1.12 bits per heavy atom. The van der Waals surface area contributed by atoms with Crippen LogP contribution in [-0.4, -0.2) is 43.5 Å². The smallest absolute Gasteiger partial charge is 0.294 e. The lowest BCUT2D eigenvalue weighted by Crippen LogP contribution is -2.21. The van der Waals surface area contributed by atoms with Crippen LogP contribution >= 0.6 is 0 Å². The lowest BCUT2D eigenvalue weighted by molar-refractivity contribution is 0.0950. The summed E-state index contributed by atoms with van der Waals surface area (Å²) in [5.41, 5.74) is 11.1. The summed E-state index contributed by atoms with van der Waals surface area (Å²) in [7, 11) is 0. The Bertz CT molecular complexity index is 1280. The lowest BCUT2D eigenvalue weighted by atomic mass is 10.1. The number of nitrogens with two attached hydrogens (primary N) is 1. The van der Waals surface area contributed by atoms with E-state index in [0.29, 0.717) is 30.0 Å². The molecule has 11 nitrogen and oxygen atoms in total. The van der Waals surface area contributed by atoms with Gasteiger partial charge in [-0.2, -0.15) is 9.78 Å². The zero-order chi connectivity index (χ0) is 23.9. The van der Waals surface area contributed by atoms with Gasteiger partial charge in [-0.05, 0) is 53.0 Å². The van der Waals surface area contributed by atoms with E-state index in [1.807, 2.05) is 44.2 Å². The molecule has 0 aliphatic heterocycles. The Hall–Kier alpha value is -4.54. The molecule has 2 aromatic heterocycles. The number of hydrogen-bond acceptors (Lipinski definition) is 9. The molecule has 0 saturated carbocycles. The molecule has 0 unspecified atom stereocenters. The summed E-state index contributed by atoms with van der Waals surface area (Å²) in [6.07, 6.45) is 1.52. The van der Waals surface area contributed by atoms with Gasteiger partial charge in [0.15, 0.2) is 5.69 Å². The van der Waals surface area contributed by atoms with Gasteiger partial charge in [0, 0.05) is 5.56 Å². The van der Waals surface area contributed by atoms with Crippen LogP contribution in [0.1, 0.15) is 42.7 Å². The maximum absolute atomic E-state index is 13.1. The number of ether oxygens (including phenoxy) is 1. The van der Waals surface area contributed by atoms with Crippen molar-refractivity contribution in [3.63, 3.8) is 0 Å². The molecule has 4 aromatic rings. The number of nitrogens with one attached hydrogen (secondary N) is 1. The van der Waals surface area contributed by atoms with E-state index in [0.717, 1.165) is 17.7 Å². The number of benzene rings is 2. The van der Waals surface area contributed by atoms with Crippen molar-refractivity contribution in [3.05, 3.63) is 65.9 Å². The highest BCUT2D eigenvalue weighted by Gasteiger charge is 2.25. The van der Waals surface area contributed by atoms with Gasteiger partial charge in [0.2, 0.25) is 11.6 Å². The quantitative estimate of drug-likeness (QED) is 0.286. The molecule has 3 N–H and O–H groups in total. The predicted molar refractivity (Wildman–Crippen MR) is 126 cm³/mol. The number of nitrogens with zero attached hydrogens (tertiary/aromatic N) is 6. The highest BCUT2D eigenvalue weighted by molar-refractivity contribution is 6.03. The average molecular weight is 460 g/mol. The molecule has 1 amide bonds. The van der Waals surface area contributed by atoms with Crippen LogP contribution in [0.5, 0.6) is 5.75 Å². The van der Waals surface area contributed by atoms with Gasteiger partial charge in [0.05, 0.1) is 12.3 Å². The molecule has 2 aromatic carbocycles. The Morgan fingerprint density at radius 2 is 1.88 bits per heavy atom. The van der Waals surface area contributed by atoms with Gasteiger partial charge in [-0.25, -0.2) is 10.1 Å². The third-order valence-electron chi connectivity index (χ3n) is 4.92. The van der Waals surface area contributed by atoms with Crippen molar-refractivity contribution in [3.8, 4) is 22.8 Å². The van der Waals surface area contributed by atoms with Crippen LogP contribution in [0, 0.1) is 0 Å². The van der Waals surface area contributed by atoms with Crippen molar-refractivity contribution in [1.29, 1.82) is 0 Å². The Balaban J connectivity index is 1.70. The van der Waals surface area contributed by atoms with Crippen LogP contribution in [0.2, 0.25) is 0 Å². The van der Waals surface area contributed by atoms with Gasteiger partial charge in [0.25, 0.3) is 5.91 Å². The minimum atomic E-state index is -0.538.